The molecule has 0 aliphatic heterocycles. The van der Waals surface area contributed by atoms with Crippen molar-refractivity contribution >= 4 is 11.8 Å². The van der Waals surface area contributed by atoms with Crippen LogP contribution in [-0.4, -0.2) is 28.3 Å². The highest BCUT2D eigenvalue weighted by Crippen LogP contribution is 2.46. The summed E-state index contributed by atoms with van der Waals surface area (Å²) in [5.74, 6) is 0. The van der Waals surface area contributed by atoms with Crippen molar-refractivity contribution in [2.45, 2.75) is 43.1 Å². The Labute approximate surface area is 72.5 Å². The van der Waals surface area contributed by atoms with Gasteiger partial charge in [-0.05, 0) is 26.0 Å². The van der Waals surface area contributed by atoms with Gasteiger partial charge in [-0.2, -0.15) is 11.8 Å². The predicted molar refractivity (Wildman–Crippen MR) is 49.8 cm³/mol. The average Bonchev–Trinajstić information content (AvgIpc) is 1.86. The summed E-state index contributed by atoms with van der Waals surface area (Å²) in [5, 5.41) is 9.75. The summed E-state index contributed by atoms with van der Waals surface area (Å²) in [5.41, 5.74) is 5.64. The predicted octanol–water partition coefficient (Wildman–Crippen LogP) is 0.980. The zero-order chi connectivity index (χ0) is 8.48. The Balaban J connectivity index is 2.54. The van der Waals surface area contributed by atoms with Crippen LogP contribution in [0.4, 0.5) is 0 Å². The second-order valence-electron chi connectivity index (χ2n) is 3.43. The maximum atomic E-state index is 9.75. The summed E-state index contributed by atoms with van der Waals surface area (Å²) >= 11 is 1.77. The van der Waals surface area contributed by atoms with Crippen molar-refractivity contribution in [2.24, 2.45) is 5.73 Å². The maximum Gasteiger partial charge on any atom is 0.0834 e. The molecule has 11 heavy (non-hydrogen) atoms. The third kappa shape index (κ3) is 1.55. The van der Waals surface area contributed by atoms with Crippen molar-refractivity contribution < 1.29 is 5.11 Å². The minimum absolute atomic E-state index is 0.0914. The molecular weight excluding hydrogens is 158 g/mol. The van der Waals surface area contributed by atoms with Gasteiger partial charge in [-0.25, -0.2) is 0 Å². The van der Waals surface area contributed by atoms with Gasteiger partial charge in [-0.1, -0.05) is 6.42 Å². The fourth-order valence-electron chi connectivity index (χ4n) is 1.62. The summed E-state index contributed by atoms with van der Waals surface area (Å²) in [6.45, 7) is 1.88. The van der Waals surface area contributed by atoms with Gasteiger partial charge < -0.3 is 10.8 Å². The van der Waals surface area contributed by atoms with E-state index >= 15 is 0 Å². The third-order valence-corrected chi connectivity index (χ3v) is 4.11. The minimum atomic E-state index is -0.328. The molecule has 0 aromatic heterocycles. The lowest BCUT2D eigenvalue weighted by Gasteiger charge is -2.45. The van der Waals surface area contributed by atoms with Crippen LogP contribution in [0, 0.1) is 0 Å². The van der Waals surface area contributed by atoms with Crippen LogP contribution < -0.4 is 5.73 Å². The van der Waals surface area contributed by atoms with E-state index in [2.05, 4.69) is 6.26 Å². The van der Waals surface area contributed by atoms with Gasteiger partial charge in [0.25, 0.3) is 0 Å². The van der Waals surface area contributed by atoms with E-state index in [1.165, 1.54) is 6.42 Å². The molecule has 0 aromatic rings. The Morgan fingerprint density at radius 3 is 2.18 bits per heavy atom. The number of aliphatic hydroxyl groups excluding tert-OH is 1. The van der Waals surface area contributed by atoms with Gasteiger partial charge in [0.05, 0.1) is 6.10 Å². The largest absolute Gasteiger partial charge is 0.390 e. The van der Waals surface area contributed by atoms with E-state index in [1.807, 2.05) is 6.92 Å². The summed E-state index contributed by atoms with van der Waals surface area (Å²) in [6.07, 6.45) is 5.22. The molecule has 1 aliphatic rings. The Hall–Kier alpha value is 0.270. The number of rotatable bonds is 3. The van der Waals surface area contributed by atoms with E-state index in [0.717, 1.165) is 12.8 Å². The Morgan fingerprint density at radius 1 is 1.55 bits per heavy atom. The topological polar surface area (TPSA) is 46.2 Å². The average molecular weight is 175 g/mol. The molecule has 2 nitrogen and oxygen atoms in total. The lowest BCUT2D eigenvalue weighted by Crippen LogP contribution is -2.52. The molecule has 1 saturated carbocycles. The first-order valence-corrected chi connectivity index (χ1v) is 5.34. The molecule has 0 radical (unpaired) electrons. The zero-order valence-corrected chi connectivity index (χ0v) is 8.03. The molecule has 3 heteroatoms. The van der Waals surface area contributed by atoms with E-state index in [4.69, 9.17) is 5.73 Å². The first-order valence-electron chi connectivity index (χ1n) is 4.11. The highest BCUT2D eigenvalue weighted by molar-refractivity contribution is 8.00. The lowest BCUT2D eigenvalue weighted by molar-refractivity contribution is 0.0699. The summed E-state index contributed by atoms with van der Waals surface area (Å²) in [4.78, 5) is 0. The summed E-state index contributed by atoms with van der Waals surface area (Å²) in [6, 6.07) is -0.0947. The van der Waals surface area contributed by atoms with Crippen LogP contribution in [-0.2, 0) is 0 Å². The molecule has 66 valence electrons. The van der Waals surface area contributed by atoms with Crippen LogP contribution in [0.3, 0.4) is 0 Å². The second-order valence-corrected chi connectivity index (χ2v) is 4.65. The number of hydrogen-bond donors (Lipinski definition) is 2. The van der Waals surface area contributed by atoms with Crippen molar-refractivity contribution in [3.8, 4) is 0 Å². The van der Waals surface area contributed by atoms with E-state index in [1.54, 1.807) is 11.8 Å². The standard InChI is InChI=1S/C8H17NOS/c1-6(9)7(10)8(11-2)4-3-5-8/h6-7,10H,3-5,9H2,1-2H3. The fraction of sp³-hybridized carbons (Fsp3) is 1.00. The SMILES string of the molecule is CSC1(C(O)C(C)N)CCC1. The number of hydrogen-bond acceptors (Lipinski definition) is 3. The van der Waals surface area contributed by atoms with E-state index in [9.17, 15) is 5.11 Å². The molecular formula is C8H17NOS. The second kappa shape index (κ2) is 3.33. The van der Waals surface area contributed by atoms with Gasteiger partial charge in [0.1, 0.15) is 0 Å². The minimum Gasteiger partial charge on any atom is -0.390 e. The molecule has 0 amide bonds. The highest BCUT2D eigenvalue weighted by atomic mass is 32.2. The van der Waals surface area contributed by atoms with Gasteiger partial charge >= 0.3 is 0 Å². The zero-order valence-electron chi connectivity index (χ0n) is 7.21. The Morgan fingerprint density at radius 2 is 2.09 bits per heavy atom. The lowest BCUT2D eigenvalue weighted by atomic mass is 9.78. The molecule has 3 N–H and O–H groups in total. The molecule has 2 atom stereocenters. The summed E-state index contributed by atoms with van der Waals surface area (Å²) < 4.78 is 0.0914. The van der Waals surface area contributed by atoms with Gasteiger partial charge in [-0.3, -0.25) is 0 Å². The van der Waals surface area contributed by atoms with E-state index in [0.29, 0.717) is 0 Å². The quantitative estimate of drug-likeness (QED) is 0.672. The van der Waals surface area contributed by atoms with Crippen molar-refractivity contribution in [3.63, 3.8) is 0 Å². The Bertz CT molecular complexity index is 129. The normalized spacial score (nSPS) is 27.3. The molecule has 1 rings (SSSR count). The first-order chi connectivity index (χ1) is 5.12. The van der Waals surface area contributed by atoms with Crippen molar-refractivity contribution in [1.29, 1.82) is 0 Å². The van der Waals surface area contributed by atoms with Crippen LogP contribution in [0.15, 0.2) is 0 Å². The van der Waals surface area contributed by atoms with Crippen molar-refractivity contribution in [3.05, 3.63) is 0 Å². The molecule has 2 unspecified atom stereocenters. The smallest absolute Gasteiger partial charge is 0.0834 e. The van der Waals surface area contributed by atoms with Gasteiger partial charge in [0, 0.05) is 10.8 Å². The molecule has 1 aliphatic carbocycles. The van der Waals surface area contributed by atoms with Gasteiger partial charge in [-0.15, -0.1) is 0 Å². The molecule has 0 heterocycles. The molecule has 0 aromatic carbocycles. The van der Waals surface area contributed by atoms with E-state index in [-0.39, 0.29) is 16.9 Å². The molecule has 0 saturated heterocycles. The van der Waals surface area contributed by atoms with Crippen LogP contribution >= 0.6 is 11.8 Å². The first kappa shape index (κ1) is 9.36. The molecule has 0 bridgehead atoms. The fourth-order valence-corrected chi connectivity index (χ4v) is 2.78. The summed E-state index contributed by atoms with van der Waals surface area (Å²) in [7, 11) is 0. The van der Waals surface area contributed by atoms with Crippen LogP contribution in [0.5, 0.6) is 0 Å². The number of aliphatic hydroxyl groups is 1. The third-order valence-electron chi connectivity index (χ3n) is 2.64. The Kier molecular flexibility index (Phi) is 2.84. The van der Waals surface area contributed by atoms with Gasteiger partial charge in [0.2, 0.25) is 0 Å². The van der Waals surface area contributed by atoms with Crippen molar-refractivity contribution in [1.82, 2.24) is 0 Å². The molecule has 0 spiro atoms. The van der Waals surface area contributed by atoms with Crippen LogP contribution in [0.1, 0.15) is 26.2 Å². The van der Waals surface area contributed by atoms with Crippen molar-refractivity contribution in [2.75, 3.05) is 6.26 Å². The van der Waals surface area contributed by atoms with E-state index < -0.39 is 0 Å². The maximum absolute atomic E-state index is 9.75. The monoisotopic (exact) mass is 175 g/mol. The van der Waals surface area contributed by atoms with Crippen LogP contribution in [0.2, 0.25) is 0 Å². The number of nitrogens with two attached hydrogens (primary N) is 1. The van der Waals surface area contributed by atoms with Gasteiger partial charge in [0.15, 0.2) is 0 Å². The number of thioether (sulfide) groups is 1. The molecule has 1 fully saturated rings. The highest BCUT2D eigenvalue weighted by Gasteiger charge is 2.44. The van der Waals surface area contributed by atoms with Crippen LogP contribution in [0.25, 0.3) is 0 Å².